The second kappa shape index (κ2) is 8.19. The van der Waals surface area contributed by atoms with Crippen molar-refractivity contribution in [2.24, 2.45) is 14.1 Å². The van der Waals surface area contributed by atoms with Crippen LogP contribution in [0.15, 0.2) is 40.1 Å². The van der Waals surface area contributed by atoms with Gasteiger partial charge in [0.25, 0.3) is 11.5 Å². The van der Waals surface area contributed by atoms with Crippen molar-refractivity contribution in [3.8, 4) is 5.75 Å². The molecule has 0 spiro atoms. The molecule has 3 rings (SSSR count). The van der Waals surface area contributed by atoms with Crippen LogP contribution in [0.4, 0.5) is 5.69 Å². The molecule has 0 saturated heterocycles. The highest BCUT2D eigenvalue weighted by Crippen LogP contribution is 2.30. The lowest BCUT2D eigenvalue weighted by molar-refractivity contribution is -0.128. The van der Waals surface area contributed by atoms with Gasteiger partial charge < -0.3 is 10.1 Å². The molecule has 164 valence electrons. The van der Waals surface area contributed by atoms with Crippen molar-refractivity contribution in [2.45, 2.75) is 39.2 Å². The monoisotopic (exact) mass is 444 g/mol. The number of fused-ring (bicyclic) bond motifs is 1. The molecule has 8 nitrogen and oxygen atoms in total. The number of nitrogens with zero attached hydrogens (tertiary/aromatic N) is 3. The number of amides is 1. The van der Waals surface area contributed by atoms with Gasteiger partial charge in [-0.05, 0) is 49.6 Å². The van der Waals surface area contributed by atoms with Gasteiger partial charge in [0.15, 0.2) is 11.2 Å². The summed E-state index contributed by atoms with van der Waals surface area (Å²) in [5, 5.41) is 3.59. The van der Waals surface area contributed by atoms with E-state index in [1.165, 1.54) is 18.7 Å². The molecule has 0 unspecified atom stereocenters. The summed E-state index contributed by atoms with van der Waals surface area (Å²) in [4.78, 5) is 42.8. The maximum atomic E-state index is 13.2. The van der Waals surface area contributed by atoms with Gasteiger partial charge in [-0.15, -0.1) is 0 Å². The van der Waals surface area contributed by atoms with Crippen LogP contribution in [0.2, 0.25) is 5.02 Å². The molecule has 3 aromatic rings. The van der Waals surface area contributed by atoms with Crippen LogP contribution in [0.5, 0.6) is 5.75 Å². The molecule has 0 bridgehead atoms. The van der Waals surface area contributed by atoms with Gasteiger partial charge in [0.05, 0.1) is 5.69 Å². The summed E-state index contributed by atoms with van der Waals surface area (Å²) in [7, 11) is 2.93. The van der Waals surface area contributed by atoms with Crippen molar-refractivity contribution in [1.82, 2.24) is 14.1 Å². The number of aryl methyl sites for hydroxylation is 1. The van der Waals surface area contributed by atoms with E-state index in [9.17, 15) is 14.4 Å². The normalized spacial score (nSPS) is 11.7. The molecule has 0 atom stereocenters. The molecule has 9 heteroatoms. The summed E-state index contributed by atoms with van der Waals surface area (Å²) >= 11 is 5.91. The third-order valence-electron chi connectivity index (χ3n) is 5.09. The number of aromatic nitrogens is 3. The number of ether oxygens (including phenoxy) is 1. The Morgan fingerprint density at radius 2 is 1.74 bits per heavy atom. The molecule has 0 radical (unpaired) electrons. The summed E-state index contributed by atoms with van der Waals surface area (Å²) in [6.07, 6.45) is 1.58. The smallest absolute Gasteiger partial charge is 0.332 e. The van der Waals surface area contributed by atoms with E-state index in [4.69, 9.17) is 16.3 Å². The van der Waals surface area contributed by atoms with Crippen LogP contribution in [0.25, 0.3) is 11.0 Å². The molecule has 1 N–H and O–H groups in total. The Labute approximate surface area is 184 Å². The summed E-state index contributed by atoms with van der Waals surface area (Å²) in [5.41, 5.74) is -1.08. The zero-order chi connectivity index (χ0) is 23.1. The topological polar surface area (TPSA) is 95.2 Å². The summed E-state index contributed by atoms with van der Waals surface area (Å²) in [5.74, 6) is -0.00581. The molecule has 0 aliphatic carbocycles. The average molecular weight is 445 g/mol. The van der Waals surface area contributed by atoms with E-state index in [1.807, 2.05) is 13.8 Å². The number of benzene rings is 1. The fraction of sp³-hybridized carbons (Fsp3) is 0.364. The first kappa shape index (κ1) is 22.6. The standard InChI is InChI=1S/C22H25ClN4O4/c1-12(2)15-11-24-18-16(19(28)27(6)21(30)26(18)5)17(15)25-20(29)22(3,4)31-14-9-7-13(23)8-10-14/h7-12H,1-6H3,(H,24,25,29). The van der Waals surface area contributed by atoms with Crippen LogP contribution in [0.1, 0.15) is 39.2 Å². The number of carbonyl (C=O) groups is 1. The number of nitrogens with one attached hydrogen (secondary N) is 1. The summed E-state index contributed by atoms with van der Waals surface area (Å²) in [6, 6.07) is 6.68. The molecule has 0 fully saturated rings. The van der Waals surface area contributed by atoms with E-state index in [-0.39, 0.29) is 17.0 Å². The molecule has 2 heterocycles. The van der Waals surface area contributed by atoms with Crippen LogP contribution in [-0.2, 0) is 18.9 Å². The van der Waals surface area contributed by atoms with Gasteiger partial charge in [0.1, 0.15) is 11.1 Å². The molecule has 31 heavy (non-hydrogen) atoms. The Morgan fingerprint density at radius 3 is 2.32 bits per heavy atom. The Kier molecular flexibility index (Phi) is 5.96. The number of hydrogen-bond donors (Lipinski definition) is 1. The van der Waals surface area contributed by atoms with Crippen molar-refractivity contribution >= 4 is 34.2 Å². The van der Waals surface area contributed by atoms with E-state index in [0.29, 0.717) is 22.0 Å². The van der Waals surface area contributed by atoms with Gasteiger partial charge in [0.2, 0.25) is 0 Å². The quantitative estimate of drug-likeness (QED) is 0.652. The van der Waals surface area contributed by atoms with Gasteiger partial charge in [-0.3, -0.25) is 18.7 Å². The summed E-state index contributed by atoms with van der Waals surface area (Å²) < 4.78 is 8.16. The molecule has 2 aromatic heterocycles. The van der Waals surface area contributed by atoms with Crippen LogP contribution >= 0.6 is 11.6 Å². The largest absolute Gasteiger partial charge is 0.478 e. The molecule has 1 aromatic carbocycles. The van der Waals surface area contributed by atoms with Crippen molar-refractivity contribution in [3.63, 3.8) is 0 Å². The fourth-order valence-electron chi connectivity index (χ4n) is 3.22. The highest BCUT2D eigenvalue weighted by Gasteiger charge is 2.32. The van der Waals surface area contributed by atoms with Gasteiger partial charge in [-0.1, -0.05) is 25.4 Å². The number of carbonyl (C=O) groups excluding carboxylic acids is 1. The fourth-order valence-corrected chi connectivity index (χ4v) is 3.35. The van der Waals surface area contributed by atoms with Gasteiger partial charge >= 0.3 is 5.69 Å². The lowest BCUT2D eigenvalue weighted by Gasteiger charge is -2.26. The van der Waals surface area contributed by atoms with Crippen LogP contribution in [-0.4, -0.2) is 25.6 Å². The van der Waals surface area contributed by atoms with Gasteiger partial charge in [-0.2, -0.15) is 0 Å². The maximum absolute atomic E-state index is 13.2. The van der Waals surface area contributed by atoms with E-state index in [1.54, 1.807) is 44.3 Å². The van der Waals surface area contributed by atoms with E-state index in [0.717, 1.165) is 4.57 Å². The Hall–Kier alpha value is -3.13. The lowest BCUT2D eigenvalue weighted by atomic mass is 10.0. The highest BCUT2D eigenvalue weighted by molar-refractivity contribution is 6.30. The second-order valence-corrected chi connectivity index (χ2v) is 8.60. The lowest BCUT2D eigenvalue weighted by Crippen LogP contribution is -2.43. The predicted octanol–water partition coefficient (Wildman–Crippen LogP) is 3.21. The SMILES string of the molecule is CC(C)c1cnc2c(c1NC(=O)C(C)(C)Oc1ccc(Cl)cc1)c(=O)n(C)c(=O)n2C. The first-order valence-corrected chi connectivity index (χ1v) is 10.2. The molecule has 0 saturated carbocycles. The predicted molar refractivity (Wildman–Crippen MR) is 121 cm³/mol. The molecule has 0 aliphatic rings. The third kappa shape index (κ3) is 4.20. The van der Waals surface area contributed by atoms with Crippen LogP contribution in [0.3, 0.4) is 0 Å². The molecule has 1 amide bonds. The van der Waals surface area contributed by atoms with Crippen LogP contribution in [0, 0.1) is 0 Å². The number of hydrogen-bond acceptors (Lipinski definition) is 5. The molecule has 0 aliphatic heterocycles. The Balaban J connectivity index is 2.11. The minimum Gasteiger partial charge on any atom is -0.478 e. The first-order chi connectivity index (χ1) is 14.4. The summed E-state index contributed by atoms with van der Waals surface area (Å²) in [6.45, 7) is 7.12. The zero-order valence-corrected chi connectivity index (χ0v) is 19.1. The molecular formula is C22H25ClN4O4. The van der Waals surface area contributed by atoms with E-state index < -0.39 is 22.8 Å². The number of pyridine rings is 1. The average Bonchev–Trinajstić information content (AvgIpc) is 2.71. The van der Waals surface area contributed by atoms with Crippen molar-refractivity contribution < 1.29 is 9.53 Å². The number of anilines is 1. The Bertz CT molecular complexity index is 1270. The number of rotatable bonds is 5. The third-order valence-corrected chi connectivity index (χ3v) is 5.34. The van der Waals surface area contributed by atoms with E-state index in [2.05, 4.69) is 10.3 Å². The van der Waals surface area contributed by atoms with Crippen LogP contribution < -0.4 is 21.3 Å². The first-order valence-electron chi connectivity index (χ1n) is 9.78. The van der Waals surface area contributed by atoms with Gasteiger partial charge in [0, 0.05) is 25.3 Å². The maximum Gasteiger partial charge on any atom is 0.332 e. The second-order valence-electron chi connectivity index (χ2n) is 8.17. The van der Waals surface area contributed by atoms with E-state index >= 15 is 0 Å². The molecular weight excluding hydrogens is 420 g/mol. The minimum absolute atomic E-state index is 0.0329. The van der Waals surface area contributed by atoms with Gasteiger partial charge in [-0.25, -0.2) is 9.78 Å². The van der Waals surface area contributed by atoms with Crippen molar-refractivity contribution in [2.75, 3.05) is 5.32 Å². The highest BCUT2D eigenvalue weighted by atomic mass is 35.5. The minimum atomic E-state index is -1.26. The Morgan fingerprint density at radius 1 is 1.13 bits per heavy atom. The van der Waals surface area contributed by atoms with Crippen molar-refractivity contribution in [1.29, 1.82) is 0 Å². The zero-order valence-electron chi connectivity index (χ0n) is 18.3. The number of halogens is 1. The van der Waals surface area contributed by atoms with Crippen molar-refractivity contribution in [3.05, 3.63) is 61.9 Å².